The number of hydrogen-bond donors (Lipinski definition) is 0. The van der Waals surface area contributed by atoms with Crippen molar-refractivity contribution in [2.45, 2.75) is 33.2 Å². The van der Waals surface area contributed by atoms with Gasteiger partial charge in [-0.15, -0.1) is 0 Å². The monoisotopic (exact) mass is 525 g/mol. The number of aryl methyl sites for hydroxylation is 1. The molecule has 0 saturated carbocycles. The number of ether oxygens (including phenoxy) is 5. The van der Waals surface area contributed by atoms with E-state index in [-0.39, 0.29) is 12.3 Å². The van der Waals surface area contributed by atoms with Gasteiger partial charge in [-0.05, 0) is 79.4 Å². The molecule has 196 valence electrons. The Labute approximate surface area is 222 Å². The predicted octanol–water partition coefficient (Wildman–Crippen LogP) is 6.15. The van der Waals surface area contributed by atoms with Crippen LogP contribution in [0.15, 0.2) is 42.5 Å². The van der Waals surface area contributed by atoms with Crippen LogP contribution in [0.5, 0.6) is 28.7 Å². The fourth-order valence-corrected chi connectivity index (χ4v) is 4.88. The van der Waals surface area contributed by atoms with Crippen LogP contribution in [0.25, 0.3) is 0 Å². The van der Waals surface area contributed by atoms with Crippen molar-refractivity contribution in [1.29, 1.82) is 0 Å². The van der Waals surface area contributed by atoms with E-state index in [1.807, 2.05) is 63.2 Å². The molecule has 0 aromatic heterocycles. The lowest BCUT2D eigenvalue weighted by Crippen LogP contribution is -2.41. The maximum atomic E-state index is 13.8. The average molecular weight is 526 g/mol. The van der Waals surface area contributed by atoms with Crippen LogP contribution in [0.4, 0.5) is 5.69 Å². The van der Waals surface area contributed by atoms with Crippen LogP contribution < -0.4 is 28.6 Å². The lowest BCUT2D eigenvalue weighted by molar-refractivity contribution is -0.118. The van der Waals surface area contributed by atoms with Crippen LogP contribution in [0.1, 0.15) is 42.1 Å². The summed E-state index contributed by atoms with van der Waals surface area (Å²) in [6, 6.07) is 12.7. The molecule has 1 amide bonds. The molecule has 8 heteroatoms. The van der Waals surface area contributed by atoms with E-state index in [1.54, 1.807) is 26.2 Å². The lowest BCUT2D eigenvalue weighted by atomic mass is 9.86. The van der Waals surface area contributed by atoms with E-state index in [9.17, 15) is 4.79 Å². The molecule has 0 spiro atoms. The minimum atomic E-state index is -0.515. The minimum absolute atomic E-state index is 0.0715. The number of rotatable bonds is 9. The summed E-state index contributed by atoms with van der Waals surface area (Å²) in [5.41, 5.74) is 4.19. The van der Waals surface area contributed by atoms with Gasteiger partial charge in [-0.2, -0.15) is 0 Å². The van der Waals surface area contributed by atoms with E-state index in [2.05, 4.69) is 0 Å². The van der Waals surface area contributed by atoms with Crippen molar-refractivity contribution in [2.75, 3.05) is 39.4 Å². The molecule has 0 N–H and O–H groups in total. The van der Waals surface area contributed by atoms with Gasteiger partial charge in [0.2, 0.25) is 11.7 Å². The topological polar surface area (TPSA) is 66.5 Å². The first kappa shape index (κ1) is 26.5. The lowest BCUT2D eigenvalue weighted by Gasteiger charge is -2.38. The molecule has 0 bridgehead atoms. The molecule has 0 fully saturated rings. The third-order valence-electron chi connectivity index (χ3n) is 6.40. The van der Waals surface area contributed by atoms with Gasteiger partial charge in [0.15, 0.2) is 23.0 Å². The molecule has 0 aliphatic carbocycles. The minimum Gasteiger partial charge on any atom is -0.493 e. The molecule has 1 heterocycles. The zero-order valence-corrected chi connectivity index (χ0v) is 22.8. The standard InChI is InChI=1S/C29H32ClNO6/c1-7-36-23-11-18-14-27(32)31(20-10-9-17(3)22(30)15-20)28(21(18)16-24(23)37-8-2)19-12-25(33-4)29(35-6)26(13-19)34-5/h9-13,15-16,28H,7-8,14H2,1-6H3. The fourth-order valence-electron chi connectivity index (χ4n) is 4.71. The molecular weight excluding hydrogens is 494 g/mol. The highest BCUT2D eigenvalue weighted by Gasteiger charge is 2.37. The Morgan fingerprint density at radius 2 is 1.49 bits per heavy atom. The third kappa shape index (κ3) is 5.01. The second kappa shape index (κ2) is 11.2. The second-order valence-corrected chi connectivity index (χ2v) is 9.01. The van der Waals surface area contributed by atoms with Crippen LogP contribution in [-0.4, -0.2) is 40.5 Å². The van der Waals surface area contributed by atoms with E-state index in [0.29, 0.717) is 52.7 Å². The first-order valence-electron chi connectivity index (χ1n) is 12.2. The summed E-state index contributed by atoms with van der Waals surface area (Å²) < 4.78 is 28.6. The van der Waals surface area contributed by atoms with Gasteiger partial charge in [-0.25, -0.2) is 0 Å². The number of anilines is 1. The summed E-state index contributed by atoms with van der Waals surface area (Å²) in [4.78, 5) is 15.5. The molecule has 1 aliphatic heterocycles. The number of methoxy groups -OCH3 is 3. The number of carbonyl (C=O) groups excluding carboxylic acids is 1. The average Bonchev–Trinajstić information content (AvgIpc) is 2.89. The predicted molar refractivity (Wildman–Crippen MR) is 144 cm³/mol. The maximum Gasteiger partial charge on any atom is 0.232 e. The van der Waals surface area contributed by atoms with Gasteiger partial charge in [0.1, 0.15) is 0 Å². The van der Waals surface area contributed by atoms with Crippen molar-refractivity contribution in [1.82, 2.24) is 0 Å². The number of halogens is 1. The zero-order valence-electron chi connectivity index (χ0n) is 22.0. The van der Waals surface area contributed by atoms with Crippen LogP contribution in [0.3, 0.4) is 0 Å². The Hall–Kier alpha value is -3.58. The normalized spacial score (nSPS) is 14.7. The molecule has 1 atom stereocenters. The highest BCUT2D eigenvalue weighted by atomic mass is 35.5. The number of carbonyl (C=O) groups is 1. The Morgan fingerprint density at radius 3 is 2.03 bits per heavy atom. The smallest absolute Gasteiger partial charge is 0.232 e. The van der Waals surface area contributed by atoms with Gasteiger partial charge in [-0.3, -0.25) is 4.79 Å². The van der Waals surface area contributed by atoms with E-state index in [0.717, 1.165) is 22.3 Å². The summed E-state index contributed by atoms with van der Waals surface area (Å²) >= 11 is 6.50. The van der Waals surface area contributed by atoms with Crippen LogP contribution in [0, 0.1) is 6.92 Å². The van der Waals surface area contributed by atoms with Crippen molar-refractivity contribution < 1.29 is 28.5 Å². The molecule has 1 aliphatic rings. The van der Waals surface area contributed by atoms with Crippen molar-refractivity contribution in [3.8, 4) is 28.7 Å². The molecule has 4 rings (SSSR count). The van der Waals surface area contributed by atoms with Gasteiger partial charge in [0, 0.05) is 10.7 Å². The molecule has 1 unspecified atom stereocenters. The molecule has 0 saturated heterocycles. The van der Waals surface area contributed by atoms with Gasteiger partial charge < -0.3 is 28.6 Å². The number of nitrogens with zero attached hydrogens (tertiary/aromatic N) is 1. The second-order valence-electron chi connectivity index (χ2n) is 8.60. The first-order valence-corrected chi connectivity index (χ1v) is 12.5. The zero-order chi connectivity index (χ0) is 26.7. The molecular formula is C29H32ClNO6. The largest absolute Gasteiger partial charge is 0.493 e. The summed E-state index contributed by atoms with van der Waals surface area (Å²) in [5.74, 6) is 2.63. The molecule has 0 radical (unpaired) electrons. The van der Waals surface area contributed by atoms with Crippen LogP contribution >= 0.6 is 11.6 Å². The number of benzene rings is 3. The molecule has 3 aromatic rings. The molecule has 3 aromatic carbocycles. The summed E-state index contributed by atoms with van der Waals surface area (Å²) in [6.45, 7) is 6.73. The summed E-state index contributed by atoms with van der Waals surface area (Å²) in [7, 11) is 4.70. The highest BCUT2D eigenvalue weighted by Crippen LogP contribution is 2.47. The Morgan fingerprint density at radius 1 is 0.865 bits per heavy atom. The van der Waals surface area contributed by atoms with Gasteiger partial charge in [0.25, 0.3) is 0 Å². The van der Waals surface area contributed by atoms with Crippen LogP contribution in [-0.2, 0) is 11.2 Å². The number of fused-ring (bicyclic) bond motifs is 1. The van der Waals surface area contributed by atoms with Crippen molar-refractivity contribution in [3.05, 3.63) is 69.7 Å². The highest BCUT2D eigenvalue weighted by molar-refractivity contribution is 6.31. The van der Waals surface area contributed by atoms with E-state index >= 15 is 0 Å². The SMILES string of the molecule is CCOc1cc2c(cc1OCC)C(c1cc(OC)c(OC)c(OC)c1)N(c1ccc(C)c(Cl)c1)C(=O)C2. The van der Waals surface area contributed by atoms with Crippen LogP contribution in [0.2, 0.25) is 5.02 Å². The quantitative estimate of drug-likeness (QED) is 0.334. The third-order valence-corrected chi connectivity index (χ3v) is 6.81. The van der Waals surface area contributed by atoms with E-state index in [1.165, 1.54) is 0 Å². The Kier molecular flexibility index (Phi) is 8.03. The fraction of sp³-hybridized carbons (Fsp3) is 0.345. The first-order chi connectivity index (χ1) is 17.9. The summed E-state index contributed by atoms with van der Waals surface area (Å²) in [6.07, 6.45) is 0.203. The van der Waals surface area contributed by atoms with Gasteiger partial charge in [-0.1, -0.05) is 17.7 Å². The van der Waals surface area contributed by atoms with Crippen molar-refractivity contribution >= 4 is 23.2 Å². The van der Waals surface area contributed by atoms with Gasteiger partial charge in [0.05, 0.1) is 47.0 Å². The molecule has 7 nitrogen and oxygen atoms in total. The number of amides is 1. The maximum absolute atomic E-state index is 13.8. The Balaban J connectivity index is 2.01. The van der Waals surface area contributed by atoms with E-state index in [4.69, 9.17) is 35.3 Å². The molecule has 37 heavy (non-hydrogen) atoms. The van der Waals surface area contributed by atoms with Crippen molar-refractivity contribution in [2.24, 2.45) is 0 Å². The van der Waals surface area contributed by atoms with Crippen molar-refractivity contribution in [3.63, 3.8) is 0 Å². The Bertz CT molecular complexity index is 1280. The summed E-state index contributed by atoms with van der Waals surface area (Å²) in [5, 5.41) is 0.585. The number of hydrogen-bond acceptors (Lipinski definition) is 6. The van der Waals surface area contributed by atoms with E-state index < -0.39 is 6.04 Å². The van der Waals surface area contributed by atoms with Gasteiger partial charge >= 0.3 is 0 Å².